The molecule has 0 fully saturated rings. The van der Waals surface area contributed by atoms with Gasteiger partial charge in [0.15, 0.2) is 0 Å². The average molecular weight is 166 g/mol. The summed E-state index contributed by atoms with van der Waals surface area (Å²) in [5, 5.41) is 17.1. The Labute approximate surface area is 60.9 Å². The Balaban J connectivity index is 3.44. The van der Waals surface area contributed by atoms with Crippen molar-refractivity contribution in [2.45, 2.75) is 13.0 Å². The van der Waals surface area contributed by atoms with Crippen LogP contribution in [-0.4, -0.2) is 22.9 Å². The lowest BCUT2D eigenvalue weighted by Gasteiger charge is -2.05. The quantitative estimate of drug-likeness (QED) is 0.413. The third-order valence-corrected chi connectivity index (χ3v) is 0.681. The molecule has 0 aromatic carbocycles. The second-order valence-corrected chi connectivity index (χ2v) is 1.66. The van der Waals surface area contributed by atoms with E-state index in [1.807, 2.05) is 0 Å². The number of hydrogen-bond acceptors (Lipinski definition) is 6. The molecular weight excluding hydrogens is 160 g/mol. The van der Waals surface area contributed by atoms with Gasteiger partial charge in [0.2, 0.25) is 0 Å². The number of hydrogen-bond donors (Lipinski definition) is 0. The molecule has 8 nitrogen and oxygen atoms in total. The van der Waals surface area contributed by atoms with Gasteiger partial charge in [0.1, 0.15) is 12.7 Å². The fourth-order valence-corrected chi connectivity index (χ4v) is 0.343. The van der Waals surface area contributed by atoms with E-state index >= 15 is 0 Å². The maximum Gasteiger partial charge on any atom is 0.294 e. The standard InChI is InChI=1S/C3H6N2O6/c1-3(11-5(8)9)2-10-4(6)7/h3H,2H2,1H3/t3-/m0/s1. The van der Waals surface area contributed by atoms with Crippen LogP contribution >= 0.6 is 0 Å². The summed E-state index contributed by atoms with van der Waals surface area (Å²) < 4.78 is 0. The van der Waals surface area contributed by atoms with Gasteiger partial charge in [-0.1, -0.05) is 0 Å². The lowest BCUT2D eigenvalue weighted by Crippen LogP contribution is -2.21. The van der Waals surface area contributed by atoms with Crippen molar-refractivity contribution in [3.8, 4) is 0 Å². The summed E-state index contributed by atoms with van der Waals surface area (Å²) in [6.45, 7) is 0.834. The molecule has 0 bridgehead atoms. The van der Waals surface area contributed by atoms with Gasteiger partial charge in [-0.25, -0.2) is 0 Å². The molecule has 0 heterocycles. The van der Waals surface area contributed by atoms with Crippen LogP contribution < -0.4 is 0 Å². The minimum atomic E-state index is -1.04. The molecule has 8 heteroatoms. The molecule has 0 radical (unpaired) electrons. The molecule has 0 aliphatic rings. The number of nitrogens with zero attached hydrogens (tertiary/aromatic N) is 2. The maximum atomic E-state index is 9.61. The van der Waals surface area contributed by atoms with Gasteiger partial charge in [0.05, 0.1) is 0 Å². The topological polar surface area (TPSA) is 105 Å². The van der Waals surface area contributed by atoms with Crippen LogP contribution in [0.2, 0.25) is 0 Å². The van der Waals surface area contributed by atoms with Crippen LogP contribution in [0.25, 0.3) is 0 Å². The molecule has 1 atom stereocenters. The molecule has 0 amide bonds. The van der Waals surface area contributed by atoms with Gasteiger partial charge in [-0.3, -0.25) is 0 Å². The second kappa shape index (κ2) is 4.25. The van der Waals surface area contributed by atoms with Crippen LogP contribution in [-0.2, 0) is 9.68 Å². The number of rotatable bonds is 5. The van der Waals surface area contributed by atoms with Gasteiger partial charge in [0, 0.05) is 0 Å². The Morgan fingerprint density at radius 3 is 2.27 bits per heavy atom. The minimum absolute atomic E-state index is 0.450. The monoisotopic (exact) mass is 166 g/mol. The Morgan fingerprint density at radius 1 is 1.36 bits per heavy atom. The first-order chi connectivity index (χ1) is 5.02. The predicted molar refractivity (Wildman–Crippen MR) is 30.5 cm³/mol. The molecule has 0 aliphatic carbocycles. The van der Waals surface area contributed by atoms with Crippen molar-refractivity contribution in [2.75, 3.05) is 6.61 Å². The van der Waals surface area contributed by atoms with E-state index in [2.05, 4.69) is 9.68 Å². The fourth-order valence-electron chi connectivity index (χ4n) is 0.343. The molecule has 11 heavy (non-hydrogen) atoms. The van der Waals surface area contributed by atoms with Gasteiger partial charge in [-0.2, -0.15) is 0 Å². The van der Waals surface area contributed by atoms with Crippen molar-refractivity contribution in [1.29, 1.82) is 0 Å². The minimum Gasteiger partial charge on any atom is -0.312 e. The second-order valence-electron chi connectivity index (χ2n) is 1.66. The summed E-state index contributed by atoms with van der Waals surface area (Å²) in [5.74, 6) is 0. The molecular formula is C3H6N2O6. The van der Waals surface area contributed by atoms with Crippen molar-refractivity contribution in [3.63, 3.8) is 0 Å². The van der Waals surface area contributed by atoms with Gasteiger partial charge in [-0.05, 0) is 6.92 Å². The Hall–Kier alpha value is -1.60. The zero-order valence-electron chi connectivity index (χ0n) is 5.63. The molecule has 0 spiro atoms. The first-order valence-electron chi connectivity index (χ1n) is 2.61. The van der Waals surface area contributed by atoms with Crippen LogP contribution in [0.15, 0.2) is 0 Å². The van der Waals surface area contributed by atoms with Crippen LogP contribution in [0.4, 0.5) is 0 Å². The molecule has 0 aromatic rings. The first kappa shape index (κ1) is 9.40. The highest BCUT2D eigenvalue weighted by Gasteiger charge is 2.08. The van der Waals surface area contributed by atoms with Crippen molar-refractivity contribution in [2.24, 2.45) is 0 Å². The highest BCUT2D eigenvalue weighted by molar-refractivity contribution is 4.39. The summed E-state index contributed by atoms with van der Waals surface area (Å²) in [5.41, 5.74) is 0. The van der Waals surface area contributed by atoms with E-state index in [-0.39, 0.29) is 0 Å². The lowest BCUT2D eigenvalue weighted by atomic mass is 10.5. The SMILES string of the molecule is C[C@@H](CO[N+](=O)[O-])O[N+](=O)[O-]. The normalized spacial score (nSPS) is 11.7. The Kier molecular flexibility index (Phi) is 3.63. The molecule has 0 N–H and O–H groups in total. The van der Waals surface area contributed by atoms with Crippen molar-refractivity contribution in [3.05, 3.63) is 20.2 Å². The fraction of sp³-hybridized carbons (Fsp3) is 1.00. The molecule has 0 aromatic heterocycles. The van der Waals surface area contributed by atoms with E-state index < -0.39 is 22.9 Å². The smallest absolute Gasteiger partial charge is 0.294 e. The van der Waals surface area contributed by atoms with Crippen LogP contribution in [0.3, 0.4) is 0 Å². The largest absolute Gasteiger partial charge is 0.312 e. The van der Waals surface area contributed by atoms with E-state index in [0.29, 0.717) is 0 Å². The average Bonchev–Trinajstić information content (AvgIpc) is 1.82. The van der Waals surface area contributed by atoms with Gasteiger partial charge in [-0.15, -0.1) is 20.2 Å². The van der Waals surface area contributed by atoms with Crippen LogP contribution in [0.5, 0.6) is 0 Å². The van der Waals surface area contributed by atoms with E-state index in [9.17, 15) is 20.2 Å². The third-order valence-electron chi connectivity index (χ3n) is 0.681. The van der Waals surface area contributed by atoms with E-state index in [0.717, 1.165) is 0 Å². The summed E-state index contributed by atoms with van der Waals surface area (Å²) in [7, 11) is 0. The summed E-state index contributed by atoms with van der Waals surface area (Å²) in [6, 6.07) is 0. The van der Waals surface area contributed by atoms with Crippen LogP contribution in [0, 0.1) is 20.2 Å². The molecule has 0 saturated heterocycles. The summed E-state index contributed by atoms with van der Waals surface area (Å²) in [6.07, 6.45) is -0.935. The van der Waals surface area contributed by atoms with Gasteiger partial charge in [0.25, 0.3) is 10.2 Å². The zero-order chi connectivity index (χ0) is 8.85. The lowest BCUT2D eigenvalue weighted by molar-refractivity contribution is -0.789. The highest BCUT2D eigenvalue weighted by atomic mass is 17.0. The zero-order valence-corrected chi connectivity index (χ0v) is 5.63. The first-order valence-corrected chi connectivity index (χ1v) is 2.61. The van der Waals surface area contributed by atoms with Crippen molar-refractivity contribution < 1.29 is 19.8 Å². The predicted octanol–water partition coefficient (Wildman–Crippen LogP) is -0.209. The maximum absolute atomic E-state index is 9.61. The molecule has 0 saturated carbocycles. The van der Waals surface area contributed by atoms with Crippen molar-refractivity contribution in [1.82, 2.24) is 0 Å². The highest BCUT2D eigenvalue weighted by Crippen LogP contribution is 1.91. The molecule has 0 aliphatic heterocycles. The summed E-state index contributed by atoms with van der Waals surface area (Å²) >= 11 is 0. The summed E-state index contributed by atoms with van der Waals surface area (Å²) in [4.78, 5) is 26.9. The van der Waals surface area contributed by atoms with Gasteiger partial charge >= 0.3 is 0 Å². The molecule has 64 valence electrons. The van der Waals surface area contributed by atoms with Crippen LogP contribution in [0.1, 0.15) is 6.92 Å². The van der Waals surface area contributed by atoms with E-state index in [1.54, 1.807) is 0 Å². The third kappa shape index (κ3) is 6.28. The van der Waals surface area contributed by atoms with E-state index in [1.165, 1.54) is 6.92 Å². The van der Waals surface area contributed by atoms with Gasteiger partial charge < -0.3 is 9.68 Å². The Morgan fingerprint density at radius 2 is 1.91 bits per heavy atom. The van der Waals surface area contributed by atoms with Crippen molar-refractivity contribution >= 4 is 0 Å². The Bertz CT molecular complexity index is 158. The van der Waals surface area contributed by atoms with E-state index in [4.69, 9.17) is 0 Å². The molecule has 0 unspecified atom stereocenters. The molecule has 0 rings (SSSR count).